The minimum Gasteiger partial charge on any atom is -0.365 e. The van der Waals surface area contributed by atoms with E-state index in [1.54, 1.807) is 9.58 Å². The number of halogens is 3. The first-order valence-corrected chi connectivity index (χ1v) is 12.8. The van der Waals surface area contributed by atoms with E-state index < -0.39 is 11.7 Å². The SMILES string of the molecule is C[C@@]12C[C@H]3C[C@@](Cl)(C1)C[C@](NC(=O)N1CCn4nc(-c5ccc(F)c(Cl)c5)c(C(N)=O)c4C1)(C3)C2. The number of aromatic nitrogens is 2. The quantitative estimate of drug-likeness (QED) is 0.576. The van der Waals surface area contributed by atoms with Crippen LogP contribution in [0.25, 0.3) is 11.3 Å². The molecule has 2 aromatic rings. The number of hydrogen-bond donors (Lipinski definition) is 2. The van der Waals surface area contributed by atoms with E-state index in [1.807, 2.05) is 0 Å². The number of nitrogens with one attached hydrogen (secondary N) is 1. The Morgan fingerprint density at radius 1 is 1.20 bits per heavy atom. The maximum absolute atomic E-state index is 13.7. The van der Waals surface area contributed by atoms with Gasteiger partial charge >= 0.3 is 6.03 Å². The van der Waals surface area contributed by atoms with Crippen molar-refractivity contribution in [2.75, 3.05) is 6.54 Å². The molecule has 35 heavy (non-hydrogen) atoms. The molecule has 0 radical (unpaired) electrons. The van der Waals surface area contributed by atoms with E-state index in [-0.39, 0.29) is 39.0 Å². The zero-order valence-electron chi connectivity index (χ0n) is 19.5. The Labute approximate surface area is 213 Å². The molecule has 10 heteroatoms. The van der Waals surface area contributed by atoms with Crippen LogP contribution in [0.5, 0.6) is 0 Å². The van der Waals surface area contributed by atoms with E-state index in [9.17, 15) is 14.0 Å². The summed E-state index contributed by atoms with van der Waals surface area (Å²) >= 11 is 13.0. The Hall–Kier alpha value is -2.32. The summed E-state index contributed by atoms with van der Waals surface area (Å²) in [5.41, 5.74) is 7.26. The molecular formula is C25H28Cl2FN5O2. The molecule has 0 saturated heterocycles. The number of nitrogens with two attached hydrogens (primary N) is 1. The second-order valence-electron chi connectivity index (χ2n) is 11.5. The van der Waals surface area contributed by atoms with Gasteiger partial charge in [-0.25, -0.2) is 9.18 Å². The predicted octanol–water partition coefficient (Wildman–Crippen LogP) is 4.69. The number of benzene rings is 1. The van der Waals surface area contributed by atoms with E-state index in [1.165, 1.54) is 24.6 Å². The molecule has 3 N–H and O–H groups in total. The standard InChI is InChI=1S/C25H28Cl2FN5O2/c1-23-7-14-8-24(27,11-23)13-25(9-14,12-23)30-22(35)32-4-5-33-18(10-32)19(21(29)34)20(31-33)15-2-3-17(28)16(26)6-15/h2-3,6,14H,4-5,7-13H2,1H3,(H2,29,34)(H,30,35)/t14-,23+,24+,25-/m0/s1. The van der Waals surface area contributed by atoms with Crippen molar-refractivity contribution in [3.05, 3.63) is 40.3 Å². The van der Waals surface area contributed by atoms with Crippen LogP contribution in [0, 0.1) is 17.2 Å². The van der Waals surface area contributed by atoms with Crippen LogP contribution in [-0.4, -0.2) is 43.6 Å². The lowest BCUT2D eigenvalue weighted by Crippen LogP contribution is -2.67. The molecule has 4 saturated carbocycles. The number of amides is 3. The van der Waals surface area contributed by atoms with Crippen LogP contribution in [0.3, 0.4) is 0 Å². The number of carbonyl (C=O) groups excluding carboxylic acids is 2. The maximum atomic E-state index is 13.7. The summed E-state index contributed by atoms with van der Waals surface area (Å²) in [6.07, 6.45) is 5.94. The fourth-order valence-corrected chi connectivity index (χ4v) is 8.81. The van der Waals surface area contributed by atoms with Crippen molar-refractivity contribution in [2.45, 2.75) is 69.0 Å². The Morgan fingerprint density at radius 2 is 2.00 bits per heavy atom. The second-order valence-corrected chi connectivity index (χ2v) is 12.7. The number of carbonyl (C=O) groups is 2. The van der Waals surface area contributed by atoms with Crippen molar-refractivity contribution in [3.8, 4) is 11.3 Å². The Kier molecular flexibility index (Phi) is 5.01. The summed E-state index contributed by atoms with van der Waals surface area (Å²) in [7, 11) is 0. The highest BCUT2D eigenvalue weighted by molar-refractivity contribution is 6.31. The van der Waals surface area contributed by atoms with E-state index in [0.29, 0.717) is 36.0 Å². The summed E-state index contributed by atoms with van der Waals surface area (Å²) in [4.78, 5) is 27.4. The summed E-state index contributed by atoms with van der Waals surface area (Å²) in [6, 6.07) is 4.03. The summed E-state index contributed by atoms with van der Waals surface area (Å²) < 4.78 is 15.4. The molecule has 7 rings (SSSR count). The van der Waals surface area contributed by atoms with Gasteiger partial charge in [0.1, 0.15) is 11.5 Å². The number of fused-ring (bicyclic) bond motifs is 1. The first kappa shape index (κ1) is 23.1. The van der Waals surface area contributed by atoms with Gasteiger partial charge in [0.25, 0.3) is 5.91 Å². The molecule has 2 heterocycles. The number of nitrogens with zero attached hydrogens (tertiary/aromatic N) is 3. The van der Waals surface area contributed by atoms with Crippen molar-refractivity contribution < 1.29 is 14.0 Å². The molecule has 0 unspecified atom stereocenters. The van der Waals surface area contributed by atoms with Gasteiger partial charge in [0, 0.05) is 22.5 Å². The normalized spacial score (nSPS) is 33.0. The van der Waals surface area contributed by atoms with Gasteiger partial charge in [-0.15, -0.1) is 11.6 Å². The number of alkyl halides is 1. The monoisotopic (exact) mass is 519 g/mol. The average molecular weight is 520 g/mol. The Bertz CT molecular complexity index is 1240. The van der Waals surface area contributed by atoms with E-state index in [2.05, 4.69) is 17.3 Å². The molecule has 3 amide bonds. The van der Waals surface area contributed by atoms with E-state index >= 15 is 0 Å². The highest BCUT2D eigenvalue weighted by Gasteiger charge is 2.62. The molecule has 7 nitrogen and oxygen atoms in total. The molecule has 0 spiro atoms. The lowest BCUT2D eigenvalue weighted by atomic mass is 9.47. The largest absolute Gasteiger partial charge is 0.365 e. The first-order chi connectivity index (χ1) is 16.5. The molecule has 1 aliphatic heterocycles. The zero-order valence-corrected chi connectivity index (χ0v) is 21.1. The Morgan fingerprint density at radius 3 is 2.69 bits per heavy atom. The van der Waals surface area contributed by atoms with Crippen LogP contribution in [0.1, 0.15) is 61.5 Å². The Balaban J connectivity index is 1.27. The van der Waals surface area contributed by atoms with Crippen molar-refractivity contribution >= 4 is 35.1 Å². The maximum Gasteiger partial charge on any atom is 0.318 e. The fraction of sp³-hybridized carbons (Fsp3) is 0.560. The van der Waals surface area contributed by atoms with Gasteiger partial charge in [-0.2, -0.15) is 5.10 Å². The van der Waals surface area contributed by atoms with Crippen LogP contribution in [0.4, 0.5) is 9.18 Å². The van der Waals surface area contributed by atoms with Crippen molar-refractivity contribution in [1.82, 2.24) is 20.0 Å². The topological polar surface area (TPSA) is 93.2 Å². The van der Waals surface area contributed by atoms with Gasteiger partial charge in [-0.05, 0) is 68.1 Å². The zero-order chi connectivity index (χ0) is 24.8. The number of rotatable bonds is 3. The summed E-state index contributed by atoms with van der Waals surface area (Å²) in [6.45, 7) is 3.38. The summed E-state index contributed by atoms with van der Waals surface area (Å²) in [5, 5.41) is 7.87. The van der Waals surface area contributed by atoms with Gasteiger partial charge in [-0.1, -0.05) is 18.5 Å². The molecule has 4 aliphatic carbocycles. The minimum atomic E-state index is -0.651. The van der Waals surface area contributed by atoms with Gasteiger partial charge in [0.2, 0.25) is 0 Å². The lowest BCUT2D eigenvalue weighted by molar-refractivity contribution is -0.0564. The number of urea groups is 1. The van der Waals surface area contributed by atoms with Crippen molar-refractivity contribution in [1.29, 1.82) is 0 Å². The van der Waals surface area contributed by atoms with Crippen LogP contribution < -0.4 is 11.1 Å². The van der Waals surface area contributed by atoms with Gasteiger partial charge in [0.15, 0.2) is 0 Å². The third kappa shape index (κ3) is 3.80. The molecule has 4 fully saturated rings. The predicted molar refractivity (Wildman–Crippen MR) is 131 cm³/mol. The minimum absolute atomic E-state index is 0.0637. The number of primary amides is 1. The highest BCUT2D eigenvalue weighted by atomic mass is 35.5. The smallest absolute Gasteiger partial charge is 0.318 e. The van der Waals surface area contributed by atoms with Crippen LogP contribution in [0.2, 0.25) is 5.02 Å². The highest BCUT2D eigenvalue weighted by Crippen LogP contribution is 2.65. The van der Waals surface area contributed by atoms with Crippen LogP contribution in [0.15, 0.2) is 18.2 Å². The van der Waals surface area contributed by atoms with Crippen molar-refractivity contribution in [2.24, 2.45) is 17.1 Å². The van der Waals surface area contributed by atoms with Gasteiger partial charge in [-0.3, -0.25) is 9.48 Å². The van der Waals surface area contributed by atoms with E-state index in [4.69, 9.17) is 28.9 Å². The van der Waals surface area contributed by atoms with E-state index in [0.717, 1.165) is 32.1 Å². The lowest BCUT2D eigenvalue weighted by Gasteiger charge is -2.64. The first-order valence-electron chi connectivity index (χ1n) is 12.1. The number of hydrogen-bond acceptors (Lipinski definition) is 3. The summed E-state index contributed by atoms with van der Waals surface area (Å²) in [5.74, 6) is -0.662. The average Bonchev–Trinajstić information content (AvgIpc) is 3.11. The molecule has 5 aliphatic rings. The second kappa shape index (κ2) is 7.59. The van der Waals surface area contributed by atoms with Gasteiger partial charge < -0.3 is 16.0 Å². The fourth-order valence-electron chi connectivity index (χ4n) is 7.83. The third-order valence-electron chi connectivity index (χ3n) is 8.36. The molecule has 1 aromatic carbocycles. The van der Waals surface area contributed by atoms with Gasteiger partial charge in [0.05, 0.1) is 29.4 Å². The van der Waals surface area contributed by atoms with Crippen molar-refractivity contribution in [3.63, 3.8) is 0 Å². The van der Waals surface area contributed by atoms with Crippen LogP contribution >= 0.6 is 23.2 Å². The third-order valence-corrected chi connectivity index (χ3v) is 9.07. The molecule has 4 atom stereocenters. The molecule has 186 valence electrons. The molecule has 4 bridgehead atoms. The molecular weight excluding hydrogens is 492 g/mol. The van der Waals surface area contributed by atoms with Crippen LogP contribution in [-0.2, 0) is 13.1 Å². The molecule has 1 aromatic heterocycles.